The van der Waals surface area contributed by atoms with E-state index in [1.54, 1.807) is 5.32 Å². The third kappa shape index (κ3) is 10.7. The highest BCUT2D eigenvalue weighted by Gasteiger charge is 2.36. The molecule has 0 fully saturated rings. The lowest BCUT2D eigenvalue weighted by Gasteiger charge is -2.17. The number of allylic oxidation sites excluding steroid dienone is 1. The number of carbonyl (C=O) groups is 2. The summed E-state index contributed by atoms with van der Waals surface area (Å²) >= 11 is 11.7. The van der Waals surface area contributed by atoms with Crippen LogP contribution in [0.3, 0.4) is 0 Å². The van der Waals surface area contributed by atoms with Gasteiger partial charge in [0.15, 0.2) is 5.78 Å². The summed E-state index contributed by atoms with van der Waals surface area (Å²) in [6, 6.07) is 6.18. The molecule has 0 radical (unpaired) electrons. The maximum absolute atomic E-state index is 13.8. The van der Waals surface area contributed by atoms with E-state index in [0.717, 1.165) is 31.2 Å². The number of nitrogens with one attached hydrogen (secondary N) is 1. The van der Waals surface area contributed by atoms with Crippen molar-refractivity contribution in [2.45, 2.75) is 44.2 Å². The summed E-state index contributed by atoms with van der Waals surface area (Å²) in [6.45, 7) is -0.590. The van der Waals surface area contributed by atoms with Gasteiger partial charge in [-0.25, -0.2) is 0 Å². The van der Waals surface area contributed by atoms with E-state index in [4.69, 9.17) is 23.2 Å². The number of halogens is 11. The zero-order chi connectivity index (χ0) is 29.8. The second-order valence-corrected chi connectivity index (χ2v) is 9.52. The van der Waals surface area contributed by atoms with Crippen LogP contribution in [0.4, 0.5) is 39.5 Å². The molecule has 3 nitrogen and oxygen atoms in total. The Bertz CT molecular complexity index is 1200. The smallest absolute Gasteiger partial charge is 0.347 e. The molecule has 1 unspecified atom stereocenters. The number of amides is 1. The second-order valence-electron chi connectivity index (χ2n) is 8.65. The SMILES string of the molecule is C[C@@H](CC(=O)c1ccc(/C=C/C(CC(F)(F)F)c2cc(Cl)cc(Cl)c2)cc1C(F)(F)F)C(=O)NCC(F)(F)F. The fourth-order valence-corrected chi connectivity index (χ4v) is 4.09. The molecule has 2 atom stereocenters. The average molecular weight is 608 g/mol. The van der Waals surface area contributed by atoms with E-state index in [1.807, 2.05) is 0 Å². The van der Waals surface area contributed by atoms with Crippen molar-refractivity contribution >= 4 is 41.0 Å². The number of ketones is 1. The Hall–Kier alpha value is -2.73. The third-order valence-electron chi connectivity index (χ3n) is 5.34. The zero-order valence-electron chi connectivity index (χ0n) is 19.9. The number of carbonyl (C=O) groups excluding carboxylic acids is 2. The van der Waals surface area contributed by atoms with E-state index in [2.05, 4.69) is 0 Å². The van der Waals surface area contributed by atoms with Crippen LogP contribution in [-0.4, -0.2) is 30.6 Å². The van der Waals surface area contributed by atoms with E-state index in [-0.39, 0.29) is 21.2 Å². The van der Waals surface area contributed by atoms with Gasteiger partial charge in [0.05, 0.1) is 12.0 Å². The van der Waals surface area contributed by atoms with Crippen LogP contribution < -0.4 is 5.32 Å². The number of benzene rings is 2. The fraction of sp³-hybridized carbons (Fsp3) is 0.360. The summed E-state index contributed by atoms with van der Waals surface area (Å²) in [5.41, 5.74) is -2.38. The molecule has 2 aromatic rings. The Balaban J connectivity index is 2.35. The molecule has 14 heteroatoms. The molecule has 1 amide bonds. The molecule has 1 N–H and O–H groups in total. The third-order valence-corrected chi connectivity index (χ3v) is 5.77. The van der Waals surface area contributed by atoms with Crippen LogP contribution in [0, 0.1) is 5.92 Å². The summed E-state index contributed by atoms with van der Waals surface area (Å²) in [5, 5.41) is 1.67. The maximum atomic E-state index is 13.8. The molecule has 0 saturated heterocycles. The molecule has 0 spiro atoms. The lowest BCUT2D eigenvalue weighted by Crippen LogP contribution is -2.37. The molecule has 0 aliphatic rings. The Kier molecular flexibility index (Phi) is 10.5. The topological polar surface area (TPSA) is 46.2 Å². The monoisotopic (exact) mass is 607 g/mol. The number of hydrogen-bond donors (Lipinski definition) is 1. The minimum absolute atomic E-state index is 0.0570. The first-order valence-electron chi connectivity index (χ1n) is 11.0. The molecule has 2 rings (SSSR count). The Morgan fingerprint density at radius 1 is 0.897 bits per heavy atom. The summed E-state index contributed by atoms with van der Waals surface area (Å²) in [4.78, 5) is 24.3. The standard InChI is InChI=1S/C25H20Cl2F9NO2/c1-13(22(39)37-12-24(31,32)33)6-21(38)19-5-3-14(7-20(19)25(34,35)36)2-4-15(11-23(28,29)30)16-8-17(26)10-18(27)9-16/h2-5,7-10,13,15H,6,11-12H2,1H3,(H,37,39)/b4-2+/t13-,15?/m0/s1. The second kappa shape index (κ2) is 12.6. The van der Waals surface area contributed by atoms with Crippen molar-refractivity contribution in [1.82, 2.24) is 5.32 Å². The molecule has 214 valence electrons. The molecular weight excluding hydrogens is 588 g/mol. The molecule has 0 saturated carbocycles. The van der Waals surface area contributed by atoms with Crippen LogP contribution in [0.2, 0.25) is 10.0 Å². The number of hydrogen-bond acceptors (Lipinski definition) is 2. The van der Waals surface area contributed by atoms with Crippen molar-refractivity contribution in [1.29, 1.82) is 0 Å². The molecule has 0 bridgehead atoms. The van der Waals surface area contributed by atoms with Gasteiger partial charge in [-0.15, -0.1) is 0 Å². The van der Waals surface area contributed by atoms with Crippen molar-refractivity contribution in [3.63, 3.8) is 0 Å². The predicted octanol–water partition coefficient (Wildman–Crippen LogP) is 8.65. The minimum Gasteiger partial charge on any atom is -0.347 e. The van der Waals surface area contributed by atoms with E-state index in [1.165, 1.54) is 18.2 Å². The minimum atomic E-state index is -5.07. The van der Waals surface area contributed by atoms with Gasteiger partial charge in [0.25, 0.3) is 0 Å². The Labute approximate surface area is 227 Å². The number of alkyl halides is 9. The van der Waals surface area contributed by atoms with E-state index in [0.29, 0.717) is 6.07 Å². The first kappa shape index (κ1) is 32.5. The van der Waals surface area contributed by atoms with Gasteiger partial charge in [-0.05, 0) is 35.4 Å². The fourth-order valence-electron chi connectivity index (χ4n) is 3.55. The van der Waals surface area contributed by atoms with Gasteiger partial charge in [0, 0.05) is 33.9 Å². The van der Waals surface area contributed by atoms with Gasteiger partial charge in [-0.2, -0.15) is 39.5 Å². The number of rotatable bonds is 9. The van der Waals surface area contributed by atoms with Crippen LogP contribution >= 0.6 is 23.2 Å². The van der Waals surface area contributed by atoms with E-state index >= 15 is 0 Å². The van der Waals surface area contributed by atoms with Crippen LogP contribution in [0.1, 0.15) is 52.7 Å². The lowest BCUT2D eigenvalue weighted by atomic mass is 9.92. The van der Waals surface area contributed by atoms with Gasteiger partial charge in [0.2, 0.25) is 5.91 Å². The van der Waals surface area contributed by atoms with Crippen LogP contribution in [0.15, 0.2) is 42.5 Å². The van der Waals surface area contributed by atoms with Crippen LogP contribution in [0.5, 0.6) is 0 Å². The van der Waals surface area contributed by atoms with Crippen LogP contribution in [-0.2, 0) is 11.0 Å². The van der Waals surface area contributed by atoms with Crippen molar-refractivity contribution in [2.24, 2.45) is 5.92 Å². The van der Waals surface area contributed by atoms with Gasteiger partial charge in [0.1, 0.15) is 6.54 Å². The normalized spacial score (nSPS) is 14.4. The highest BCUT2D eigenvalue weighted by molar-refractivity contribution is 6.34. The first-order valence-corrected chi connectivity index (χ1v) is 11.8. The molecule has 39 heavy (non-hydrogen) atoms. The van der Waals surface area contributed by atoms with Gasteiger partial charge < -0.3 is 5.32 Å². The molecule has 0 aliphatic carbocycles. The first-order chi connectivity index (χ1) is 17.7. The van der Waals surface area contributed by atoms with Gasteiger partial charge in [-0.3, -0.25) is 9.59 Å². The predicted molar refractivity (Wildman–Crippen MR) is 128 cm³/mol. The van der Waals surface area contributed by atoms with Gasteiger partial charge >= 0.3 is 18.5 Å². The lowest BCUT2D eigenvalue weighted by molar-refractivity contribution is -0.140. The van der Waals surface area contributed by atoms with Gasteiger partial charge in [-0.1, -0.05) is 54.4 Å². The van der Waals surface area contributed by atoms with Crippen molar-refractivity contribution in [3.05, 3.63) is 74.8 Å². The van der Waals surface area contributed by atoms with E-state index < -0.39 is 72.6 Å². The molecule has 0 heterocycles. The molecular formula is C25H20Cl2F9NO2. The Morgan fingerprint density at radius 2 is 1.49 bits per heavy atom. The highest BCUT2D eigenvalue weighted by Crippen LogP contribution is 2.37. The summed E-state index contributed by atoms with van der Waals surface area (Å²) in [6.07, 6.45) is -14.6. The average Bonchev–Trinajstić information content (AvgIpc) is 2.77. The summed E-state index contributed by atoms with van der Waals surface area (Å²) in [7, 11) is 0. The summed E-state index contributed by atoms with van der Waals surface area (Å²) < 4.78 is 118. The Morgan fingerprint density at radius 3 is 2.00 bits per heavy atom. The summed E-state index contributed by atoms with van der Waals surface area (Å²) in [5.74, 6) is -5.05. The van der Waals surface area contributed by atoms with Crippen molar-refractivity contribution < 1.29 is 49.1 Å². The molecule has 0 aliphatic heterocycles. The highest BCUT2D eigenvalue weighted by atomic mass is 35.5. The maximum Gasteiger partial charge on any atom is 0.417 e. The molecule has 0 aromatic heterocycles. The zero-order valence-corrected chi connectivity index (χ0v) is 21.4. The van der Waals surface area contributed by atoms with E-state index in [9.17, 15) is 49.1 Å². The number of Topliss-reactive ketones (excluding diaryl/α,β-unsaturated/α-hetero) is 1. The molecule has 2 aromatic carbocycles. The largest absolute Gasteiger partial charge is 0.417 e. The quantitative estimate of drug-likeness (QED) is 0.229. The van der Waals surface area contributed by atoms with Crippen LogP contribution in [0.25, 0.3) is 6.08 Å². The van der Waals surface area contributed by atoms with Crippen molar-refractivity contribution in [3.8, 4) is 0 Å². The van der Waals surface area contributed by atoms with Crippen molar-refractivity contribution in [2.75, 3.05) is 6.54 Å².